The molecule has 1 aromatic heterocycles. The van der Waals surface area contributed by atoms with E-state index in [-0.39, 0.29) is 0 Å². The molecule has 4 atom stereocenters. The molecule has 3 rings (SSSR count). The zero-order valence-electron chi connectivity index (χ0n) is 12.1. The number of hydrogen-bond acceptors (Lipinski definition) is 4. The van der Waals surface area contributed by atoms with E-state index in [1.807, 2.05) is 6.20 Å². The molecule has 5 heteroatoms. The van der Waals surface area contributed by atoms with E-state index in [0.717, 1.165) is 51.3 Å². The Labute approximate surface area is 120 Å². The molecule has 2 aliphatic rings. The van der Waals surface area contributed by atoms with E-state index in [2.05, 4.69) is 27.6 Å². The molecule has 5 nitrogen and oxygen atoms in total. The highest BCUT2D eigenvalue weighted by Crippen LogP contribution is 2.36. The molecule has 1 saturated heterocycles. The average Bonchev–Trinajstić information content (AvgIpc) is 2.98. The number of imidazole rings is 1. The molecule has 0 radical (unpaired) electrons. The van der Waals surface area contributed by atoms with Crippen molar-refractivity contribution in [1.82, 2.24) is 14.5 Å². The molecule has 0 bridgehead atoms. The Bertz CT molecular complexity index is 430. The fraction of sp³-hybridized carbons (Fsp3) is 0.800. The molecule has 1 aliphatic carbocycles. The maximum Gasteiger partial charge on any atom is 0.122 e. The van der Waals surface area contributed by atoms with Gasteiger partial charge in [-0.3, -0.25) is 4.90 Å². The number of hydrogen-bond donors (Lipinski definition) is 2. The van der Waals surface area contributed by atoms with Gasteiger partial charge in [-0.15, -0.1) is 0 Å². The Morgan fingerprint density at radius 3 is 2.45 bits per heavy atom. The van der Waals surface area contributed by atoms with Crippen LogP contribution in [0.25, 0.3) is 0 Å². The molecular weight excluding hydrogens is 254 g/mol. The molecule has 1 aromatic rings. The summed E-state index contributed by atoms with van der Waals surface area (Å²) in [6, 6.07) is 0. The first kappa shape index (κ1) is 14.0. The van der Waals surface area contributed by atoms with Crippen LogP contribution in [0.1, 0.15) is 32.0 Å². The van der Waals surface area contributed by atoms with Crippen molar-refractivity contribution in [3.05, 3.63) is 18.2 Å². The van der Waals surface area contributed by atoms with E-state index < -0.39 is 12.2 Å². The van der Waals surface area contributed by atoms with Crippen molar-refractivity contribution in [3.8, 4) is 0 Å². The topological polar surface area (TPSA) is 61.5 Å². The summed E-state index contributed by atoms with van der Waals surface area (Å²) >= 11 is 0. The summed E-state index contributed by atoms with van der Waals surface area (Å²) in [6.07, 6.45) is 5.47. The number of aliphatic hydroxyl groups excluding tert-OH is 2. The molecule has 112 valence electrons. The summed E-state index contributed by atoms with van der Waals surface area (Å²) in [4.78, 5) is 6.89. The monoisotopic (exact) mass is 279 g/mol. The molecule has 2 N–H and O–H groups in total. The van der Waals surface area contributed by atoms with Gasteiger partial charge in [0, 0.05) is 32.0 Å². The fourth-order valence-corrected chi connectivity index (χ4v) is 3.77. The van der Waals surface area contributed by atoms with Crippen molar-refractivity contribution in [2.75, 3.05) is 13.1 Å². The number of aryl methyl sites for hydroxylation is 1. The zero-order chi connectivity index (χ0) is 14.1. The summed E-state index contributed by atoms with van der Waals surface area (Å²) < 4.78 is 2.23. The number of rotatable bonds is 4. The minimum absolute atomic E-state index is 0.529. The number of fused-ring (bicyclic) bond motifs is 1. The van der Waals surface area contributed by atoms with Gasteiger partial charge in [0.25, 0.3) is 0 Å². The third kappa shape index (κ3) is 2.75. The second-order valence-electron chi connectivity index (χ2n) is 6.36. The first-order valence-corrected chi connectivity index (χ1v) is 7.76. The lowest BCUT2D eigenvalue weighted by atomic mass is 9.79. The zero-order valence-corrected chi connectivity index (χ0v) is 12.1. The van der Waals surface area contributed by atoms with Crippen LogP contribution in [0.3, 0.4) is 0 Å². The molecule has 20 heavy (non-hydrogen) atoms. The Morgan fingerprint density at radius 2 is 1.85 bits per heavy atom. The molecule has 0 aromatic carbocycles. The van der Waals surface area contributed by atoms with Crippen LogP contribution in [0, 0.1) is 11.8 Å². The normalized spacial score (nSPS) is 34.4. The van der Waals surface area contributed by atoms with Gasteiger partial charge >= 0.3 is 0 Å². The minimum atomic E-state index is -0.529. The van der Waals surface area contributed by atoms with Crippen molar-refractivity contribution in [3.63, 3.8) is 0 Å². The third-order valence-electron chi connectivity index (χ3n) is 4.82. The van der Waals surface area contributed by atoms with Gasteiger partial charge in [-0.2, -0.15) is 0 Å². The lowest BCUT2D eigenvalue weighted by Crippen LogP contribution is -2.38. The van der Waals surface area contributed by atoms with E-state index in [0.29, 0.717) is 11.8 Å². The van der Waals surface area contributed by atoms with Crippen molar-refractivity contribution in [2.24, 2.45) is 11.8 Å². The van der Waals surface area contributed by atoms with Gasteiger partial charge in [0.2, 0.25) is 0 Å². The van der Waals surface area contributed by atoms with E-state index >= 15 is 0 Å². The van der Waals surface area contributed by atoms with Gasteiger partial charge in [-0.05, 0) is 31.1 Å². The number of aromatic nitrogens is 2. The number of nitrogens with zero attached hydrogens (tertiary/aromatic N) is 3. The molecule has 1 saturated carbocycles. The van der Waals surface area contributed by atoms with E-state index in [9.17, 15) is 10.2 Å². The highest BCUT2D eigenvalue weighted by atomic mass is 16.3. The highest BCUT2D eigenvalue weighted by molar-refractivity contribution is 4.97. The molecule has 0 unspecified atom stereocenters. The lowest BCUT2D eigenvalue weighted by Gasteiger charge is -2.32. The van der Waals surface area contributed by atoms with Crippen LogP contribution in [0.2, 0.25) is 0 Å². The Morgan fingerprint density at radius 1 is 1.20 bits per heavy atom. The minimum Gasteiger partial charge on any atom is -0.390 e. The first-order valence-electron chi connectivity index (χ1n) is 7.76. The molecule has 1 aliphatic heterocycles. The summed E-state index contributed by atoms with van der Waals surface area (Å²) in [5, 5.41) is 19.6. The van der Waals surface area contributed by atoms with Crippen molar-refractivity contribution in [2.45, 2.75) is 51.5 Å². The summed E-state index contributed by atoms with van der Waals surface area (Å²) in [5.41, 5.74) is 0. The molecule has 0 spiro atoms. The van der Waals surface area contributed by atoms with Gasteiger partial charge in [-0.1, -0.05) is 6.92 Å². The van der Waals surface area contributed by atoms with Crippen molar-refractivity contribution >= 4 is 0 Å². The largest absolute Gasteiger partial charge is 0.390 e. The SMILES string of the molecule is CCCn1ccnc1CN1C[C@H]2C[C@H](O)[C@H](O)C[C@H]2C1. The average molecular weight is 279 g/mol. The molecule has 2 fully saturated rings. The Balaban J connectivity index is 1.61. The van der Waals surface area contributed by atoms with E-state index in [1.54, 1.807) is 0 Å². The third-order valence-corrected chi connectivity index (χ3v) is 4.82. The Hall–Kier alpha value is -0.910. The predicted octanol–water partition coefficient (Wildman–Crippen LogP) is 0.857. The van der Waals surface area contributed by atoms with Gasteiger partial charge < -0.3 is 14.8 Å². The van der Waals surface area contributed by atoms with Gasteiger partial charge in [0.1, 0.15) is 5.82 Å². The standard InChI is InChI=1S/C15H25N3O2/c1-2-4-18-5-3-16-15(18)10-17-8-11-6-13(19)14(20)7-12(11)9-17/h3,5,11-14,19-20H,2,4,6-10H2,1H3/t11-,12+,13+,14-. The summed E-state index contributed by atoms with van der Waals surface area (Å²) in [5.74, 6) is 2.19. The second-order valence-corrected chi connectivity index (χ2v) is 6.36. The molecule has 2 heterocycles. The van der Waals surface area contributed by atoms with Gasteiger partial charge in [-0.25, -0.2) is 4.98 Å². The quantitative estimate of drug-likeness (QED) is 0.858. The maximum atomic E-state index is 9.80. The smallest absolute Gasteiger partial charge is 0.122 e. The van der Waals surface area contributed by atoms with Crippen LogP contribution in [-0.4, -0.2) is 50.0 Å². The molecule has 0 amide bonds. The molecular formula is C15H25N3O2. The van der Waals surface area contributed by atoms with E-state index in [1.165, 1.54) is 0 Å². The predicted molar refractivity (Wildman–Crippen MR) is 76.0 cm³/mol. The van der Waals surface area contributed by atoms with Crippen LogP contribution in [0.4, 0.5) is 0 Å². The second kappa shape index (κ2) is 5.84. The van der Waals surface area contributed by atoms with Crippen LogP contribution in [0.15, 0.2) is 12.4 Å². The Kier molecular flexibility index (Phi) is 4.10. The van der Waals surface area contributed by atoms with Crippen LogP contribution in [-0.2, 0) is 13.1 Å². The highest BCUT2D eigenvalue weighted by Gasteiger charge is 2.41. The fourth-order valence-electron chi connectivity index (χ4n) is 3.77. The van der Waals surface area contributed by atoms with Crippen LogP contribution in [0.5, 0.6) is 0 Å². The van der Waals surface area contributed by atoms with E-state index in [4.69, 9.17) is 0 Å². The van der Waals surface area contributed by atoms with Gasteiger partial charge in [0.15, 0.2) is 0 Å². The van der Waals surface area contributed by atoms with Crippen LogP contribution >= 0.6 is 0 Å². The number of likely N-dealkylation sites (tertiary alicyclic amines) is 1. The van der Waals surface area contributed by atoms with Crippen LogP contribution < -0.4 is 0 Å². The van der Waals surface area contributed by atoms with Gasteiger partial charge in [0.05, 0.1) is 18.8 Å². The summed E-state index contributed by atoms with van der Waals surface area (Å²) in [7, 11) is 0. The first-order chi connectivity index (χ1) is 9.67. The lowest BCUT2D eigenvalue weighted by molar-refractivity contribution is -0.0372. The van der Waals surface area contributed by atoms with Crippen molar-refractivity contribution in [1.29, 1.82) is 0 Å². The maximum absolute atomic E-state index is 9.80. The number of aliphatic hydroxyl groups is 2. The van der Waals surface area contributed by atoms with Crippen molar-refractivity contribution < 1.29 is 10.2 Å². The summed E-state index contributed by atoms with van der Waals surface area (Å²) in [6.45, 7) is 6.12.